The van der Waals surface area contributed by atoms with Crippen LogP contribution in [0.4, 0.5) is 0 Å². The van der Waals surface area contributed by atoms with E-state index in [2.05, 4.69) is 10.6 Å². The van der Waals surface area contributed by atoms with Gasteiger partial charge in [0.1, 0.15) is 0 Å². The normalized spacial score (nSPS) is 14.8. The second-order valence-corrected chi connectivity index (χ2v) is 6.15. The van der Waals surface area contributed by atoms with Crippen molar-refractivity contribution >= 4 is 24.2 Å². The summed E-state index contributed by atoms with van der Waals surface area (Å²) in [5, 5.41) is 6.16. The number of nitrogens with zero attached hydrogens (tertiary/aromatic N) is 1. The zero-order chi connectivity index (χ0) is 16.7. The molecule has 0 aromatic heterocycles. The average Bonchev–Trinajstić information content (AvgIpc) is 2.56. The predicted octanol–water partition coefficient (Wildman–Crippen LogP) is 2.14. The van der Waals surface area contributed by atoms with Crippen molar-refractivity contribution in [3.8, 4) is 0 Å². The summed E-state index contributed by atoms with van der Waals surface area (Å²) in [5.74, 6) is 0.214. The van der Waals surface area contributed by atoms with E-state index >= 15 is 0 Å². The molecule has 0 radical (unpaired) electrons. The number of benzene rings is 1. The van der Waals surface area contributed by atoms with Crippen molar-refractivity contribution in [1.82, 2.24) is 15.5 Å². The number of halogens is 1. The minimum atomic E-state index is -0.0121. The Hall–Kier alpha value is -1.59. The van der Waals surface area contributed by atoms with E-state index in [0.717, 1.165) is 50.0 Å². The van der Waals surface area contributed by atoms with E-state index in [1.165, 1.54) is 0 Å². The van der Waals surface area contributed by atoms with Crippen LogP contribution >= 0.6 is 12.4 Å². The number of piperidine rings is 1. The van der Waals surface area contributed by atoms with E-state index in [4.69, 9.17) is 0 Å². The standard InChI is InChI=1S/C18H27N3O2.ClH/c1-14-6-3-4-7-16(14)18(23)20-15-9-12-21(13-10-15)17(22)8-5-11-19-2;/h3-4,6-7,15,19H,5,8-13H2,1-2H3,(H,20,23);1H. The van der Waals surface area contributed by atoms with Crippen LogP contribution in [0.25, 0.3) is 0 Å². The maximum atomic E-state index is 12.3. The van der Waals surface area contributed by atoms with Crippen molar-refractivity contribution in [3.63, 3.8) is 0 Å². The quantitative estimate of drug-likeness (QED) is 0.770. The van der Waals surface area contributed by atoms with Crippen molar-refractivity contribution < 1.29 is 9.59 Å². The Morgan fingerprint density at radius 2 is 1.88 bits per heavy atom. The van der Waals surface area contributed by atoms with Gasteiger partial charge in [-0.3, -0.25) is 9.59 Å². The van der Waals surface area contributed by atoms with Gasteiger partial charge in [-0.2, -0.15) is 0 Å². The molecule has 0 bridgehead atoms. The lowest BCUT2D eigenvalue weighted by Gasteiger charge is -2.32. The van der Waals surface area contributed by atoms with Gasteiger partial charge in [0.25, 0.3) is 5.91 Å². The molecule has 1 saturated heterocycles. The van der Waals surface area contributed by atoms with Crippen LogP contribution in [0.5, 0.6) is 0 Å². The largest absolute Gasteiger partial charge is 0.349 e. The monoisotopic (exact) mass is 353 g/mol. The maximum absolute atomic E-state index is 12.3. The highest BCUT2D eigenvalue weighted by molar-refractivity contribution is 5.95. The molecule has 0 aliphatic carbocycles. The molecular formula is C18H28ClN3O2. The predicted molar refractivity (Wildman–Crippen MR) is 98.7 cm³/mol. The molecule has 1 aliphatic heterocycles. The first-order valence-corrected chi connectivity index (χ1v) is 8.40. The zero-order valence-electron chi connectivity index (χ0n) is 14.5. The number of hydrogen-bond donors (Lipinski definition) is 2. The second-order valence-electron chi connectivity index (χ2n) is 6.15. The molecule has 24 heavy (non-hydrogen) atoms. The number of carbonyl (C=O) groups excluding carboxylic acids is 2. The molecule has 2 rings (SSSR count). The van der Waals surface area contributed by atoms with Crippen LogP contribution in [0.3, 0.4) is 0 Å². The van der Waals surface area contributed by atoms with Crippen molar-refractivity contribution in [1.29, 1.82) is 0 Å². The summed E-state index contributed by atoms with van der Waals surface area (Å²) in [5.41, 5.74) is 1.72. The molecule has 134 valence electrons. The Bertz CT molecular complexity index is 543. The van der Waals surface area contributed by atoms with Crippen molar-refractivity contribution in [2.75, 3.05) is 26.7 Å². The number of hydrogen-bond acceptors (Lipinski definition) is 3. The van der Waals surface area contributed by atoms with Gasteiger partial charge in [-0.1, -0.05) is 18.2 Å². The minimum absolute atomic E-state index is 0. The summed E-state index contributed by atoms with van der Waals surface area (Å²) in [6.45, 7) is 4.28. The van der Waals surface area contributed by atoms with Crippen LogP contribution in [0.2, 0.25) is 0 Å². The molecule has 1 heterocycles. The highest BCUT2D eigenvalue weighted by atomic mass is 35.5. The maximum Gasteiger partial charge on any atom is 0.251 e. The summed E-state index contributed by atoms with van der Waals surface area (Å²) in [7, 11) is 1.90. The molecule has 0 spiro atoms. The number of amides is 2. The van der Waals surface area contributed by atoms with Gasteiger partial charge in [0.15, 0.2) is 0 Å². The van der Waals surface area contributed by atoms with Gasteiger partial charge < -0.3 is 15.5 Å². The Morgan fingerprint density at radius 1 is 1.21 bits per heavy atom. The Morgan fingerprint density at radius 3 is 2.50 bits per heavy atom. The summed E-state index contributed by atoms with van der Waals surface area (Å²) in [6, 6.07) is 7.77. The first kappa shape index (κ1) is 20.5. The fourth-order valence-electron chi connectivity index (χ4n) is 2.94. The van der Waals surface area contributed by atoms with Crippen LogP contribution in [0.1, 0.15) is 41.6 Å². The summed E-state index contributed by atoms with van der Waals surface area (Å²) in [4.78, 5) is 26.3. The topological polar surface area (TPSA) is 61.4 Å². The molecule has 0 saturated carbocycles. The molecule has 2 amide bonds. The summed E-state index contributed by atoms with van der Waals surface area (Å²) < 4.78 is 0. The minimum Gasteiger partial charge on any atom is -0.349 e. The molecule has 1 aliphatic rings. The highest BCUT2D eigenvalue weighted by Gasteiger charge is 2.24. The molecule has 1 fully saturated rings. The van der Waals surface area contributed by atoms with Crippen LogP contribution < -0.4 is 10.6 Å². The van der Waals surface area contributed by atoms with E-state index in [1.807, 2.05) is 43.1 Å². The first-order chi connectivity index (χ1) is 11.1. The third-order valence-corrected chi connectivity index (χ3v) is 4.39. The number of rotatable bonds is 6. The Kier molecular flexibility index (Phi) is 8.79. The zero-order valence-corrected chi connectivity index (χ0v) is 15.3. The van der Waals surface area contributed by atoms with Crippen LogP contribution in [-0.2, 0) is 4.79 Å². The molecule has 1 aromatic carbocycles. The number of carbonyl (C=O) groups is 2. The lowest BCUT2D eigenvalue weighted by atomic mass is 10.0. The van der Waals surface area contributed by atoms with Gasteiger partial charge in [0.2, 0.25) is 5.91 Å². The lowest BCUT2D eigenvalue weighted by Crippen LogP contribution is -2.46. The SMILES string of the molecule is CNCCCC(=O)N1CCC(NC(=O)c2ccccc2C)CC1.Cl. The van der Waals surface area contributed by atoms with E-state index in [-0.39, 0.29) is 30.3 Å². The van der Waals surface area contributed by atoms with Gasteiger partial charge in [0.05, 0.1) is 0 Å². The molecule has 0 unspecified atom stereocenters. The van der Waals surface area contributed by atoms with Crippen molar-refractivity contribution in [3.05, 3.63) is 35.4 Å². The van der Waals surface area contributed by atoms with E-state index in [0.29, 0.717) is 6.42 Å². The van der Waals surface area contributed by atoms with Crippen molar-refractivity contribution in [2.24, 2.45) is 0 Å². The van der Waals surface area contributed by atoms with Crippen LogP contribution in [0.15, 0.2) is 24.3 Å². The van der Waals surface area contributed by atoms with Gasteiger partial charge in [0, 0.05) is 31.1 Å². The van der Waals surface area contributed by atoms with Crippen LogP contribution in [-0.4, -0.2) is 49.4 Å². The van der Waals surface area contributed by atoms with E-state index in [1.54, 1.807) is 0 Å². The first-order valence-electron chi connectivity index (χ1n) is 8.40. The molecule has 6 heteroatoms. The van der Waals surface area contributed by atoms with Gasteiger partial charge in [-0.05, 0) is 51.4 Å². The smallest absolute Gasteiger partial charge is 0.251 e. The fourth-order valence-corrected chi connectivity index (χ4v) is 2.94. The van der Waals surface area contributed by atoms with E-state index in [9.17, 15) is 9.59 Å². The fraction of sp³-hybridized carbons (Fsp3) is 0.556. The second kappa shape index (κ2) is 10.3. The van der Waals surface area contributed by atoms with Crippen molar-refractivity contribution in [2.45, 2.75) is 38.6 Å². The van der Waals surface area contributed by atoms with Gasteiger partial charge in [-0.15, -0.1) is 12.4 Å². The number of nitrogens with one attached hydrogen (secondary N) is 2. The number of likely N-dealkylation sites (tertiary alicyclic amines) is 1. The highest BCUT2D eigenvalue weighted by Crippen LogP contribution is 2.14. The molecule has 5 nitrogen and oxygen atoms in total. The Balaban J connectivity index is 0.00000288. The molecule has 2 N–H and O–H groups in total. The third-order valence-electron chi connectivity index (χ3n) is 4.39. The summed E-state index contributed by atoms with van der Waals surface area (Å²) >= 11 is 0. The van der Waals surface area contributed by atoms with Crippen LogP contribution in [0, 0.1) is 6.92 Å². The van der Waals surface area contributed by atoms with E-state index < -0.39 is 0 Å². The van der Waals surface area contributed by atoms with Gasteiger partial charge >= 0.3 is 0 Å². The summed E-state index contributed by atoms with van der Waals surface area (Å²) in [6.07, 6.45) is 3.13. The van der Waals surface area contributed by atoms with Gasteiger partial charge in [-0.25, -0.2) is 0 Å². The molecule has 1 aromatic rings. The Labute approximate surface area is 150 Å². The number of aryl methyl sites for hydroxylation is 1. The third kappa shape index (κ3) is 5.80. The molecular weight excluding hydrogens is 326 g/mol. The molecule has 0 atom stereocenters. The average molecular weight is 354 g/mol. The lowest BCUT2D eigenvalue weighted by molar-refractivity contribution is -0.132.